The van der Waals surface area contributed by atoms with E-state index in [0.717, 1.165) is 18.2 Å². The van der Waals surface area contributed by atoms with Gasteiger partial charge in [-0.1, -0.05) is 20.8 Å². The van der Waals surface area contributed by atoms with E-state index >= 15 is 0 Å². The van der Waals surface area contributed by atoms with Gasteiger partial charge in [0.05, 0.1) is 0 Å². The molecule has 0 fully saturated rings. The molecule has 0 bridgehead atoms. The van der Waals surface area contributed by atoms with Gasteiger partial charge in [-0.3, -0.25) is 9.79 Å². The fourth-order valence-corrected chi connectivity index (χ4v) is 1.70. The van der Waals surface area contributed by atoms with E-state index < -0.39 is 17.0 Å². The van der Waals surface area contributed by atoms with Crippen LogP contribution in [0.15, 0.2) is 23.2 Å². The molecule has 1 aromatic rings. The molecule has 23 heavy (non-hydrogen) atoms. The third-order valence-electron chi connectivity index (χ3n) is 3.06. The standard InChI is InChI=1S/C16H24F2N4O/c1-16(2,3)14(23)20-7-8-21-15(19-4)22-10-11-9-12(17)5-6-13(11)18/h5-6,9H,7-8,10H2,1-4H3,(H,20,23)(H2,19,21,22). The highest BCUT2D eigenvalue weighted by molar-refractivity contribution is 5.81. The number of nitrogens with one attached hydrogen (secondary N) is 3. The monoisotopic (exact) mass is 326 g/mol. The Morgan fingerprint density at radius 3 is 2.39 bits per heavy atom. The molecule has 0 aliphatic carbocycles. The Morgan fingerprint density at radius 2 is 1.78 bits per heavy atom. The van der Waals surface area contributed by atoms with Crippen molar-refractivity contribution in [2.24, 2.45) is 10.4 Å². The summed E-state index contributed by atoms with van der Waals surface area (Å²) in [7, 11) is 1.57. The third kappa shape index (κ3) is 6.63. The van der Waals surface area contributed by atoms with Crippen LogP contribution in [0.5, 0.6) is 0 Å². The fourth-order valence-electron chi connectivity index (χ4n) is 1.70. The second kappa shape index (κ2) is 8.45. The highest BCUT2D eigenvalue weighted by Crippen LogP contribution is 2.11. The van der Waals surface area contributed by atoms with Gasteiger partial charge in [-0.25, -0.2) is 8.78 Å². The zero-order valence-electron chi connectivity index (χ0n) is 14.0. The highest BCUT2D eigenvalue weighted by Gasteiger charge is 2.20. The first-order valence-corrected chi connectivity index (χ1v) is 7.41. The maximum atomic E-state index is 13.5. The number of guanidine groups is 1. The van der Waals surface area contributed by atoms with Crippen LogP contribution in [0.3, 0.4) is 0 Å². The topological polar surface area (TPSA) is 65.5 Å². The molecule has 0 saturated heterocycles. The van der Waals surface area contributed by atoms with Crippen molar-refractivity contribution in [3.05, 3.63) is 35.4 Å². The molecule has 1 aromatic carbocycles. The van der Waals surface area contributed by atoms with Gasteiger partial charge in [0.1, 0.15) is 11.6 Å². The molecule has 7 heteroatoms. The summed E-state index contributed by atoms with van der Waals surface area (Å²) in [5.41, 5.74) is -0.219. The van der Waals surface area contributed by atoms with E-state index in [0.29, 0.717) is 19.0 Å². The molecule has 3 N–H and O–H groups in total. The predicted octanol–water partition coefficient (Wildman–Crippen LogP) is 1.79. The van der Waals surface area contributed by atoms with E-state index in [1.807, 2.05) is 20.8 Å². The van der Waals surface area contributed by atoms with Crippen LogP contribution in [0.2, 0.25) is 0 Å². The van der Waals surface area contributed by atoms with E-state index in [4.69, 9.17) is 0 Å². The normalized spacial score (nSPS) is 12.0. The van der Waals surface area contributed by atoms with Crippen LogP contribution in [-0.2, 0) is 11.3 Å². The van der Waals surface area contributed by atoms with Crippen molar-refractivity contribution >= 4 is 11.9 Å². The van der Waals surface area contributed by atoms with Crippen molar-refractivity contribution in [1.82, 2.24) is 16.0 Å². The molecule has 0 aliphatic heterocycles. The van der Waals surface area contributed by atoms with Crippen LogP contribution < -0.4 is 16.0 Å². The average molecular weight is 326 g/mol. The number of halogens is 2. The molecule has 0 saturated carbocycles. The van der Waals surface area contributed by atoms with Gasteiger partial charge in [-0.2, -0.15) is 0 Å². The Morgan fingerprint density at radius 1 is 1.13 bits per heavy atom. The molecule has 0 aliphatic rings. The Hall–Kier alpha value is -2.18. The van der Waals surface area contributed by atoms with Crippen LogP contribution in [0.25, 0.3) is 0 Å². The smallest absolute Gasteiger partial charge is 0.225 e. The van der Waals surface area contributed by atoms with E-state index in [1.165, 1.54) is 0 Å². The zero-order chi connectivity index (χ0) is 17.5. The number of carbonyl (C=O) groups is 1. The SMILES string of the molecule is CN=C(NCCNC(=O)C(C)(C)C)NCc1cc(F)ccc1F. The molecule has 1 rings (SSSR count). The number of rotatable bonds is 5. The second-order valence-corrected chi connectivity index (χ2v) is 6.09. The van der Waals surface area contributed by atoms with E-state index in [2.05, 4.69) is 20.9 Å². The number of carbonyl (C=O) groups excluding carboxylic acids is 1. The van der Waals surface area contributed by atoms with E-state index in [-0.39, 0.29) is 18.0 Å². The Balaban J connectivity index is 2.38. The molecule has 1 amide bonds. The highest BCUT2D eigenvalue weighted by atomic mass is 19.1. The van der Waals surface area contributed by atoms with Crippen LogP contribution >= 0.6 is 0 Å². The molecule has 0 unspecified atom stereocenters. The van der Waals surface area contributed by atoms with Crippen LogP contribution in [0.1, 0.15) is 26.3 Å². The van der Waals surface area contributed by atoms with Crippen LogP contribution in [-0.4, -0.2) is 32.0 Å². The van der Waals surface area contributed by atoms with E-state index in [9.17, 15) is 13.6 Å². The molecule has 0 atom stereocenters. The summed E-state index contributed by atoms with van der Waals surface area (Å²) in [5, 5.41) is 8.68. The number of hydrogen-bond acceptors (Lipinski definition) is 2. The minimum atomic E-state index is -0.490. The summed E-state index contributed by atoms with van der Waals surface area (Å²) >= 11 is 0. The molecule has 0 aromatic heterocycles. The fraction of sp³-hybridized carbons (Fsp3) is 0.500. The predicted molar refractivity (Wildman–Crippen MR) is 87.0 cm³/mol. The minimum absolute atomic E-state index is 0.0379. The molecule has 5 nitrogen and oxygen atoms in total. The zero-order valence-corrected chi connectivity index (χ0v) is 14.0. The van der Waals surface area contributed by atoms with Gasteiger partial charge in [0.15, 0.2) is 5.96 Å². The number of nitrogens with zero attached hydrogens (tertiary/aromatic N) is 1. The van der Waals surface area contributed by atoms with Crippen molar-refractivity contribution in [1.29, 1.82) is 0 Å². The number of aliphatic imine (C=N–C) groups is 1. The Bertz CT molecular complexity index is 568. The lowest BCUT2D eigenvalue weighted by Gasteiger charge is -2.18. The van der Waals surface area contributed by atoms with Gasteiger partial charge < -0.3 is 16.0 Å². The maximum absolute atomic E-state index is 13.5. The number of hydrogen-bond donors (Lipinski definition) is 3. The van der Waals surface area contributed by atoms with Gasteiger partial charge in [0.2, 0.25) is 5.91 Å². The van der Waals surface area contributed by atoms with Crippen molar-refractivity contribution in [3.63, 3.8) is 0 Å². The van der Waals surface area contributed by atoms with Gasteiger partial charge in [0, 0.05) is 37.7 Å². The summed E-state index contributed by atoms with van der Waals surface area (Å²) in [5.74, 6) is -0.564. The largest absolute Gasteiger partial charge is 0.355 e. The number of benzene rings is 1. The summed E-state index contributed by atoms with van der Waals surface area (Å²) in [6.07, 6.45) is 0. The molecule has 128 valence electrons. The second-order valence-electron chi connectivity index (χ2n) is 6.09. The van der Waals surface area contributed by atoms with Crippen molar-refractivity contribution in [3.8, 4) is 0 Å². The first-order chi connectivity index (χ1) is 10.7. The van der Waals surface area contributed by atoms with Crippen LogP contribution in [0, 0.1) is 17.0 Å². The summed E-state index contributed by atoms with van der Waals surface area (Å²) < 4.78 is 26.6. The van der Waals surface area contributed by atoms with E-state index in [1.54, 1.807) is 7.05 Å². The molecule has 0 spiro atoms. The molecule has 0 radical (unpaired) electrons. The number of amides is 1. The van der Waals surface area contributed by atoms with Gasteiger partial charge in [-0.05, 0) is 18.2 Å². The quantitative estimate of drug-likeness (QED) is 0.439. The van der Waals surface area contributed by atoms with Gasteiger partial charge >= 0.3 is 0 Å². The van der Waals surface area contributed by atoms with Crippen molar-refractivity contribution < 1.29 is 13.6 Å². The van der Waals surface area contributed by atoms with Crippen molar-refractivity contribution in [2.75, 3.05) is 20.1 Å². The lowest BCUT2D eigenvalue weighted by Crippen LogP contribution is -2.43. The molecular weight excluding hydrogens is 302 g/mol. The summed E-state index contributed by atoms with van der Waals surface area (Å²) in [6, 6.07) is 3.30. The Kier molecular flexibility index (Phi) is 6.93. The average Bonchev–Trinajstić information content (AvgIpc) is 2.48. The maximum Gasteiger partial charge on any atom is 0.225 e. The Labute approximate surface area is 135 Å². The minimum Gasteiger partial charge on any atom is -0.355 e. The molecular formula is C16H24F2N4O. The molecule has 0 heterocycles. The lowest BCUT2D eigenvalue weighted by atomic mass is 9.96. The summed E-state index contributed by atoms with van der Waals surface area (Å²) in [4.78, 5) is 15.7. The van der Waals surface area contributed by atoms with Crippen LogP contribution in [0.4, 0.5) is 8.78 Å². The lowest BCUT2D eigenvalue weighted by molar-refractivity contribution is -0.128. The first kappa shape index (κ1) is 18.9. The summed E-state index contributed by atoms with van der Waals surface area (Å²) in [6.45, 7) is 6.52. The van der Waals surface area contributed by atoms with Gasteiger partial charge in [-0.15, -0.1) is 0 Å². The third-order valence-corrected chi connectivity index (χ3v) is 3.06. The van der Waals surface area contributed by atoms with Gasteiger partial charge in [0.25, 0.3) is 0 Å². The first-order valence-electron chi connectivity index (χ1n) is 7.41. The van der Waals surface area contributed by atoms with Crippen molar-refractivity contribution in [2.45, 2.75) is 27.3 Å².